The van der Waals surface area contributed by atoms with Gasteiger partial charge in [-0.1, -0.05) is 6.92 Å². The Morgan fingerprint density at radius 2 is 2.06 bits per heavy atom. The summed E-state index contributed by atoms with van der Waals surface area (Å²) < 4.78 is 0. The second-order valence-corrected chi connectivity index (χ2v) is 4.87. The van der Waals surface area contributed by atoms with Crippen LogP contribution < -0.4 is 16.3 Å². The van der Waals surface area contributed by atoms with E-state index in [0.29, 0.717) is 5.92 Å². The van der Waals surface area contributed by atoms with E-state index in [-0.39, 0.29) is 5.69 Å². The number of nitrogens with two attached hydrogens (primary N) is 1. The highest BCUT2D eigenvalue weighted by molar-refractivity contribution is 5.78. The Balaban J connectivity index is 2.17. The van der Waals surface area contributed by atoms with Gasteiger partial charge in [-0.15, -0.1) is 0 Å². The van der Waals surface area contributed by atoms with Gasteiger partial charge in [0.25, 0.3) is 0 Å². The van der Waals surface area contributed by atoms with Crippen molar-refractivity contribution in [3.63, 3.8) is 0 Å². The van der Waals surface area contributed by atoms with Crippen molar-refractivity contribution in [3.8, 4) is 0 Å². The Morgan fingerprint density at radius 3 is 2.78 bits per heavy atom. The molecule has 5 heteroatoms. The smallest absolute Gasteiger partial charge is 0.323 e. The summed E-state index contributed by atoms with van der Waals surface area (Å²) in [6, 6.07) is 5.93. The Bertz CT molecular complexity index is 572. The molecule has 1 aromatic heterocycles. The van der Waals surface area contributed by atoms with Crippen LogP contribution >= 0.6 is 0 Å². The summed E-state index contributed by atoms with van der Waals surface area (Å²) in [5, 5.41) is 0. The number of H-pyrrole nitrogens is 2. The lowest BCUT2D eigenvalue weighted by Crippen LogP contribution is -2.25. The van der Waals surface area contributed by atoms with Gasteiger partial charge < -0.3 is 20.6 Å². The van der Waals surface area contributed by atoms with Crippen LogP contribution in [-0.4, -0.2) is 30.1 Å². The Labute approximate surface area is 106 Å². The molecule has 0 saturated heterocycles. The lowest BCUT2D eigenvalue weighted by Gasteiger charge is -2.23. The Kier molecular flexibility index (Phi) is 3.72. The van der Waals surface area contributed by atoms with Crippen molar-refractivity contribution < 1.29 is 0 Å². The van der Waals surface area contributed by atoms with Crippen molar-refractivity contribution in [2.75, 3.05) is 25.0 Å². The van der Waals surface area contributed by atoms with E-state index in [9.17, 15) is 4.79 Å². The van der Waals surface area contributed by atoms with Gasteiger partial charge in [-0.05, 0) is 37.1 Å². The molecule has 4 N–H and O–H groups in total. The quantitative estimate of drug-likeness (QED) is 0.746. The highest BCUT2D eigenvalue weighted by Crippen LogP contribution is 2.19. The fourth-order valence-electron chi connectivity index (χ4n) is 2.21. The Morgan fingerprint density at radius 1 is 1.33 bits per heavy atom. The zero-order valence-electron chi connectivity index (χ0n) is 10.9. The van der Waals surface area contributed by atoms with Crippen LogP contribution in [-0.2, 0) is 0 Å². The monoisotopic (exact) mass is 248 g/mol. The maximum atomic E-state index is 11.2. The maximum absolute atomic E-state index is 11.2. The van der Waals surface area contributed by atoms with Gasteiger partial charge >= 0.3 is 5.69 Å². The molecule has 18 heavy (non-hydrogen) atoms. The minimum atomic E-state index is -0.165. The summed E-state index contributed by atoms with van der Waals surface area (Å²) in [7, 11) is 2.05. The lowest BCUT2D eigenvalue weighted by atomic mass is 10.1. The molecule has 2 rings (SSSR count). The normalized spacial score (nSPS) is 12.8. The predicted molar refractivity (Wildman–Crippen MR) is 75.0 cm³/mol. The van der Waals surface area contributed by atoms with Gasteiger partial charge in [-0.25, -0.2) is 4.79 Å². The highest BCUT2D eigenvalue weighted by Gasteiger charge is 2.08. The lowest BCUT2D eigenvalue weighted by molar-refractivity contribution is 0.539. The topological polar surface area (TPSA) is 77.9 Å². The zero-order valence-corrected chi connectivity index (χ0v) is 10.9. The molecule has 1 heterocycles. The van der Waals surface area contributed by atoms with Crippen molar-refractivity contribution in [3.05, 3.63) is 28.7 Å². The van der Waals surface area contributed by atoms with Crippen molar-refractivity contribution in [1.29, 1.82) is 0 Å². The van der Waals surface area contributed by atoms with Crippen LogP contribution in [0.1, 0.15) is 13.3 Å². The van der Waals surface area contributed by atoms with Crippen LogP contribution in [0, 0.1) is 5.92 Å². The molecule has 0 saturated carbocycles. The summed E-state index contributed by atoms with van der Waals surface area (Å²) >= 11 is 0. The van der Waals surface area contributed by atoms with Gasteiger partial charge in [0, 0.05) is 19.3 Å². The molecule has 0 aliphatic heterocycles. The molecule has 0 spiro atoms. The second-order valence-electron chi connectivity index (χ2n) is 4.87. The fraction of sp³-hybridized carbons (Fsp3) is 0.462. The molecule has 0 aliphatic carbocycles. The number of hydrogen-bond donors (Lipinski definition) is 3. The first-order valence-corrected chi connectivity index (χ1v) is 6.23. The van der Waals surface area contributed by atoms with Gasteiger partial charge in [0.15, 0.2) is 0 Å². The van der Waals surface area contributed by atoms with Gasteiger partial charge in [-0.2, -0.15) is 0 Å². The third-order valence-corrected chi connectivity index (χ3v) is 3.19. The Hall–Kier alpha value is -1.75. The second kappa shape index (κ2) is 5.27. The van der Waals surface area contributed by atoms with Crippen LogP contribution in [0.15, 0.2) is 23.0 Å². The molecule has 1 atom stereocenters. The summed E-state index contributed by atoms with van der Waals surface area (Å²) in [4.78, 5) is 18.9. The first kappa shape index (κ1) is 12.7. The van der Waals surface area contributed by atoms with Gasteiger partial charge in [-0.3, -0.25) is 0 Å². The number of nitrogens with zero attached hydrogens (tertiary/aromatic N) is 1. The molecule has 0 fully saturated rings. The SMILES string of the molecule is CC(CCN)CN(C)c1ccc2[nH]c(=O)[nH]c2c1. The molecule has 0 aliphatic rings. The maximum Gasteiger partial charge on any atom is 0.323 e. The van der Waals surface area contributed by atoms with E-state index in [1.54, 1.807) is 0 Å². The largest absolute Gasteiger partial charge is 0.374 e. The van der Waals surface area contributed by atoms with Crippen molar-refractivity contribution in [1.82, 2.24) is 9.97 Å². The van der Waals surface area contributed by atoms with Gasteiger partial charge in [0.05, 0.1) is 11.0 Å². The summed E-state index contributed by atoms with van der Waals surface area (Å²) in [6.45, 7) is 3.87. The number of benzene rings is 1. The molecule has 2 aromatic rings. The average Bonchev–Trinajstić information content (AvgIpc) is 2.68. The van der Waals surface area contributed by atoms with Crippen LogP contribution in [0.5, 0.6) is 0 Å². The predicted octanol–water partition coefficient (Wildman–Crippen LogP) is 1.28. The third-order valence-electron chi connectivity index (χ3n) is 3.19. The van der Waals surface area contributed by atoms with Crippen molar-refractivity contribution in [2.45, 2.75) is 13.3 Å². The minimum absolute atomic E-state index is 0.165. The van der Waals surface area contributed by atoms with Gasteiger partial charge in [0.1, 0.15) is 0 Å². The molecule has 1 unspecified atom stereocenters. The van der Waals surface area contributed by atoms with E-state index in [2.05, 4.69) is 28.8 Å². The first-order valence-electron chi connectivity index (χ1n) is 6.23. The third kappa shape index (κ3) is 2.73. The van der Waals surface area contributed by atoms with E-state index in [1.807, 2.05) is 18.2 Å². The summed E-state index contributed by atoms with van der Waals surface area (Å²) in [5.74, 6) is 0.556. The summed E-state index contributed by atoms with van der Waals surface area (Å²) in [5.41, 5.74) is 8.18. The zero-order chi connectivity index (χ0) is 13.1. The number of aromatic amines is 2. The molecule has 0 radical (unpaired) electrons. The first-order chi connectivity index (χ1) is 8.60. The van der Waals surface area contributed by atoms with E-state index < -0.39 is 0 Å². The van der Waals surface area contributed by atoms with Crippen LogP contribution in [0.2, 0.25) is 0 Å². The van der Waals surface area contributed by atoms with Crippen molar-refractivity contribution in [2.24, 2.45) is 11.7 Å². The standard InChI is InChI=1S/C13H20N4O/c1-9(5-6-14)8-17(2)10-3-4-11-12(7-10)16-13(18)15-11/h3-4,7,9H,5-6,8,14H2,1-2H3,(H2,15,16,18). The highest BCUT2D eigenvalue weighted by atomic mass is 16.1. The molecule has 1 aromatic carbocycles. The van der Waals surface area contributed by atoms with E-state index >= 15 is 0 Å². The number of hydrogen-bond acceptors (Lipinski definition) is 3. The van der Waals surface area contributed by atoms with E-state index in [1.165, 1.54) is 0 Å². The average molecular weight is 248 g/mol. The van der Waals surface area contributed by atoms with Crippen LogP contribution in [0.3, 0.4) is 0 Å². The number of anilines is 1. The van der Waals surface area contributed by atoms with Crippen molar-refractivity contribution >= 4 is 16.7 Å². The molecule has 0 bridgehead atoms. The molecule has 0 amide bonds. The van der Waals surface area contributed by atoms with Crippen LogP contribution in [0.4, 0.5) is 5.69 Å². The number of fused-ring (bicyclic) bond motifs is 1. The minimum Gasteiger partial charge on any atom is -0.374 e. The van der Waals surface area contributed by atoms with Crippen LogP contribution in [0.25, 0.3) is 11.0 Å². The summed E-state index contributed by atoms with van der Waals surface area (Å²) in [6.07, 6.45) is 1.02. The van der Waals surface area contributed by atoms with Gasteiger partial charge in [0.2, 0.25) is 0 Å². The molecule has 5 nitrogen and oxygen atoms in total. The van der Waals surface area contributed by atoms with E-state index in [4.69, 9.17) is 5.73 Å². The number of rotatable bonds is 5. The van der Waals surface area contributed by atoms with E-state index in [0.717, 1.165) is 36.2 Å². The number of aromatic nitrogens is 2. The molecular weight excluding hydrogens is 228 g/mol. The number of nitrogens with one attached hydrogen (secondary N) is 2. The fourth-order valence-corrected chi connectivity index (χ4v) is 2.21. The molecular formula is C13H20N4O. The number of imidazole rings is 1. The molecule has 98 valence electrons.